The molecule has 23 heavy (non-hydrogen) atoms. The molecule has 3 rings (SSSR count). The highest BCUT2D eigenvalue weighted by Gasteiger charge is 2.55. The Morgan fingerprint density at radius 1 is 1.22 bits per heavy atom. The molecule has 4 nitrogen and oxygen atoms in total. The lowest BCUT2D eigenvalue weighted by Crippen LogP contribution is -2.52. The highest BCUT2D eigenvalue weighted by atomic mass is 35.6. The first-order valence-electron chi connectivity index (χ1n) is 7.51. The number of hydrogen-bond donors (Lipinski definition) is 0. The van der Waals surface area contributed by atoms with Gasteiger partial charge in [-0.3, -0.25) is 4.18 Å². The van der Waals surface area contributed by atoms with Crippen molar-refractivity contribution in [1.29, 1.82) is 0 Å². The van der Waals surface area contributed by atoms with E-state index in [4.69, 9.17) is 39.0 Å². The maximum atomic E-state index is 12.6. The van der Waals surface area contributed by atoms with E-state index in [-0.39, 0.29) is 11.5 Å². The summed E-state index contributed by atoms with van der Waals surface area (Å²) in [5.74, 6) is 0.169. The number of hydrogen-bond acceptors (Lipinski definition) is 3. The van der Waals surface area contributed by atoms with E-state index in [1.165, 1.54) is 4.31 Å². The minimum absolute atomic E-state index is 0.169. The van der Waals surface area contributed by atoms with E-state index >= 15 is 0 Å². The van der Waals surface area contributed by atoms with Gasteiger partial charge < -0.3 is 0 Å². The van der Waals surface area contributed by atoms with E-state index in [0.717, 1.165) is 31.2 Å². The second-order valence-corrected chi connectivity index (χ2v) is 10.3. The number of benzene rings is 1. The van der Waals surface area contributed by atoms with Crippen LogP contribution in [0.4, 0.5) is 0 Å². The number of alkyl halides is 3. The lowest BCUT2D eigenvalue weighted by molar-refractivity contribution is 0.111. The predicted octanol–water partition coefficient (Wildman–Crippen LogP) is 4.03. The average molecular weight is 399 g/mol. The van der Waals surface area contributed by atoms with Gasteiger partial charge in [0.05, 0.1) is 0 Å². The number of halogens is 3. The predicted molar refractivity (Wildman–Crippen MR) is 92.2 cm³/mol. The molecule has 1 aliphatic carbocycles. The van der Waals surface area contributed by atoms with Crippen molar-refractivity contribution in [1.82, 2.24) is 4.31 Å². The lowest BCUT2D eigenvalue weighted by atomic mass is 9.73. The molecule has 0 N–H and O–H groups in total. The van der Waals surface area contributed by atoms with E-state index in [9.17, 15) is 8.42 Å². The first-order chi connectivity index (χ1) is 10.7. The molecule has 0 amide bonds. The summed E-state index contributed by atoms with van der Waals surface area (Å²) in [6, 6.07) is 9.97. The Labute approximate surface area is 151 Å². The van der Waals surface area contributed by atoms with Crippen LogP contribution in [0.1, 0.15) is 37.2 Å². The molecule has 2 fully saturated rings. The molecule has 1 aliphatic heterocycles. The van der Waals surface area contributed by atoms with Gasteiger partial charge in [-0.1, -0.05) is 65.1 Å². The van der Waals surface area contributed by atoms with Gasteiger partial charge in [-0.15, -0.1) is 0 Å². The summed E-state index contributed by atoms with van der Waals surface area (Å²) >= 11 is 16.8. The molecule has 0 unspecified atom stereocenters. The average Bonchev–Trinajstić information content (AvgIpc) is 2.87. The van der Waals surface area contributed by atoms with Crippen molar-refractivity contribution in [3.05, 3.63) is 35.9 Å². The summed E-state index contributed by atoms with van der Waals surface area (Å²) in [5.41, 5.74) is 0.810. The van der Waals surface area contributed by atoms with Gasteiger partial charge in [-0.25, -0.2) is 0 Å². The third kappa shape index (κ3) is 3.80. The maximum absolute atomic E-state index is 12.6. The topological polar surface area (TPSA) is 46.6 Å². The molecular weight excluding hydrogens is 381 g/mol. The number of nitrogens with zero attached hydrogens (tertiary/aromatic N) is 1. The van der Waals surface area contributed by atoms with Crippen LogP contribution in [0.15, 0.2) is 30.3 Å². The molecule has 8 heteroatoms. The molecular formula is C15H18Cl3NO3S. The first-order valence-corrected chi connectivity index (χ1v) is 10.0. The van der Waals surface area contributed by atoms with Crippen LogP contribution in [0.25, 0.3) is 0 Å². The Bertz CT molecular complexity index is 656. The second kappa shape index (κ2) is 6.36. The van der Waals surface area contributed by atoms with Crippen molar-refractivity contribution in [2.75, 3.05) is 13.2 Å². The fourth-order valence-corrected chi connectivity index (χ4v) is 5.44. The smallest absolute Gasteiger partial charge is 0.253 e. The zero-order valence-corrected chi connectivity index (χ0v) is 15.5. The van der Waals surface area contributed by atoms with Gasteiger partial charge in [0, 0.05) is 12.1 Å². The number of rotatable bonds is 4. The van der Waals surface area contributed by atoms with Crippen molar-refractivity contribution in [3.8, 4) is 0 Å². The summed E-state index contributed by atoms with van der Waals surface area (Å²) < 4.78 is 29.9. The molecule has 1 atom stereocenters. The molecule has 2 aliphatic rings. The third-order valence-electron chi connectivity index (χ3n) is 4.74. The van der Waals surface area contributed by atoms with E-state index in [0.29, 0.717) is 6.54 Å². The van der Waals surface area contributed by atoms with E-state index < -0.39 is 20.7 Å². The fourth-order valence-electron chi connectivity index (χ4n) is 3.54. The van der Waals surface area contributed by atoms with Gasteiger partial charge in [0.25, 0.3) is 0 Å². The Morgan fingerprint density at radius 3 is 2.39 bits per heavy atom. The van der Waals surface area contributed by atoms with Gasteiger partial charge in [-0.2, -0.15) is 12.7 Å². The molecule has 0 bridgehead atoms. The van der Waals surface area contributed by atoms with Crippen molar-refractivity contribution < 1.29 is 12.6 Å². The Balaban J connectivity index is 1.80. The van der Waals surface area contributed by atoms with Crippen LogP contribution < -0.4 is 0 Å². The molecule has 1 spiro atoms. The van der Waals surface area contributed by atoms with Gasteiger partial charge in [0.2, 0.25) is 3.79 Å². The van der Waals surface area contributed by atoms with Crippen LogP contribution in [-0.4, -0.2) is 35.2 Å². The van der Waals surface area contributed by atoms with E-state index in [1.54, 1.807) is 0 Å². The van der Waals surface area contributed by atoms with Crippen molar-refractivity contribution in [2.45, 2.75) is 40.9 Å². The fraction of sp³-hybridized carbons (Fsp3) is 0.600. The molecule has 1 heterocycles. The summed E-state index contributed by atoms with van der Waals surface area (Å²) in [5, 5.41) is 0. The molecule has 1 aromatic rings. The van der Waals surface area contributed by atoms with Crippen molar-refractivity contribution >= 4 is 45.1 Å². The van der Waals surface area contributed by atoms with E-state index in [2.05, 4.69) is 0 Å². The third-order valence-corrected chi connectivity index (χ3v) is 6.56. The molecule has 128 valence electrons. The highest BCUT2D eigenvalue weighted by Crippen LogP contribution is 2.51. The van der Waals surface area contributed by atoms with Gasteiger partial charge >= 0.3 is 10.3 Å². The summed E-state index contributed by atoms with van der Waals surface area (Å²) in [4.78, 5) is 0. The highest BCUT2D eigenvalue weighted by molar-refractivity contribution is 7.84. The van der Waals surface area contributed by atoms with E-state index in [1.807, 2.05) is 30.3 Å². The molecule has 1 saturated heterocycles. The van der Waals surface area contributed by atoms with Crippen LogP contribution >= 0.6 is 34.8 Å². The second-order valence-electron chi connectivity index (χ2n) is 6.26. The van der Waals surface area contributed by atoms with Gasteiger partial charge in [0.1, 0.15) is 6.61 Å². The van der Waals surface area contributed by atoms with Gasteiger partial charge in [-0.05, 0) is 37.2 Å². The Hall–Kier alpha value is -0.0400. The lowest BCUT2D eigenvalue weighted by Gasteiger charge is -2.44. The molecule has 0 radical (unpaired) electrons. The SMILES string of the molecule is O=S(=O)(OCC(Cl)(Cl)Cl)N1C[C@@H](c2ccccc2)CC12CCC2. The summed E-state index contributed by atoms with van der Waals surface area (Å²) in [6.45, 7) is -0.0746. The van der Waals surface area contributed by atoms with Gasteiger partial charge in [0.15, 0.2) is 0 Å². The van der Waals surface area contributed by atoms with Crippen LogP contribution in [0.2, 0.25) is 0 Å². The summed E-state index contributed by atoms with van der Waals surface area (Å²) in [7, 11) is -3.92. The maximum Gasteiger partial charge on any atom is 0.339 e. The van der Waals surface area contributed by atoms with Crippen LogP contribution in [0.3, 0.4) is 0 Å². The minimum Gasteiger partial charge on any atom is -0.253 e. The normalized spacial score (nSPS) is 24.7. The zero-order chi connectivity index (χ0) is 16.7. The van der Waals surface area contributed by atoms with Crippen LogP contribution in [-0.2, 0) is 14.5 Å². The summed E-state index contributed by atoms with van der Waals surface area (Å²) in [6.07, 6.45) is 3.55. The largest absolute Gasteiger partial charge is 0.339 e. The monoisotopic (exact) mass is 397 g/mol. The van der Waals surface area contributed by atoms with Crippen LogP contribution in [0.5, 0.6) is 0 Å². The molecule has 1 aromatic carbocycles. The Morgan fingerprint density at radius 2 is 1.87 bits per heavy atom. The quantitative estimate of drug-likeness (QED) is 0.719. The standard InChI is InChI=1S/C15H18Cl3NO3S/c16-15(17,18)11-22-23(20,21)19-10-13(9-14(19)7-4-8-14)12-5-2-1-3-6-12/h1-3,5-6,13H,4,7-11H2/t13-/m0/s1. The first kappa shape index (κ1) is 17.8. The molecule has 0 aromatic heterocycles. The zero-order valence-electron chi connectivity index (χ0n) is 12.4. The Kier molecular flexibility index (Phi) is 4.91. The minimum atomic E-state index is -3.92. The van der Waals surface area contributed by atoms with Crippen LogP contribution in [0, 0.1) is 0 Å². The van der Waals surface area contributed by atoms with Crippen molar-refractivity contribution in [3.63, 3.8) is 0 Å². The molecule has 1 saturated carbocycles. The van der Waals surface area contributed by atoms with Crippen molar-refractivity contribution in [2.24, 2.45) is 0 Å².